The molecule has 0 unspecified atom stereocenters. The van der Waals surface area contributed by atoms with Crippen molar-refractivity contribution in [3.63, 3.8) is 0 Å². The molecule has 0 aromatic heterocycles. The predicted molar refractivity (Wildman–Crippen MR) is 108 cm³/mol. The van der Waals surface area contributed by atoms with Crippen LogP contribution in [0.5, 0.6) is 0 Å². The Labute approximate surface area is 148 Å². The number of allylic oxidation sites excluding steroid dienone is 2. The summed E-state index contributed by atoms with van der Waals surface area (Å²) in [6.45, 7) is 6.18. The molecule has 0 saturated heterocycles. The summed E-state index contributed by atoms with van der Waals surface area (Å²) in [5, 5.41) is 0. The van der Waals surface area contributed by atoms with E-state index in [9.17, 15) is 0 Å². The van der Waals surface area contributed by atoms with Crippen LogP contribution in [0.15, 0.2) is 12.2 Å². The molecule has 137 valence electrons. The first-order valence-corrected chi connectivity index (χ1v) is 10.9. The molecule has 0 heteroatoms. The van der Waals surface area contributed by atoms with Crippen molar-refractivity contribution in [2.45, 2.75) is 129 Å². The van der Waals surface area contributed by atoms with Crippen LogP contribution in [-0.2, 0) is 0 Å². The number of hydrogen-bond donors (Lipinski definition) is 0. The Morgan fingerprint density at radius 1 is 0.478 bits per heavy atom. The standard InChI is InChI=1S/C23H45/c1-3-5-7-9-11-13-15-17-19-21-23-22-20-18-16-14-12-10-8-6-4-2/h16,18H,1,3-15,17,19-23H2,2H3/b18-16-. The SMILES string of the molecule is [CH2]CCCCCCCCCCCCC/C=C\CCCCCCC. The molecule has 0 aromatic carbocycles. The molecule has 23 heavy (non-hydrogen) atoms. The lowest BCUT2D eigenvalue weighted by atomic mass is 10.0. The highest BCUT2D eigenvalue weighted by Crippen LogP contribution is 2.12. The second-order valence-electron chi connectivity index (χ2n) is 7.21. The van der Waals surface area contributed by atoms with Gasteiger partial charge in [-0.15, -0.1) is 0 Å². The summed E-state index contributed by atoms with van der Waals surface area (Å²) in [6, 6.07) is 0. The zero-order chi connectivity index (χ0) is 16.8. The summed E-state index contributed by atoms with van der Waals surface area (Å²) >= 11 is 0. The quantitative estimate of drug-likeness (QED) is 0.165. The van der Waals surface area contributed by atoms with E-state index in [1.807, 2.05) is 0 Å². The molecule has 0 spiro atoms. The van der Waals surface area contributed by atoms with Gasteiger partial charge in [-0.25, -0.2) is 0 Å². The number of hydrogen-bond acceptors (Lipinski definition) is 0. The fourth-order valence-corrected chi connectivity index (χ4v) is 3.13. The van der Waals surface area contributed by atoms with E-state index in [0.717, 1.165) is 6.42 Å². The maximum absolute atomic E-state index is 3.90. The van der Waals surface area contributed by atoms with Gasteiger partial charge in [-0.1, -0.05) is 122 Å². The van der Waals surface area contributed by atoms with E-state index >= 15 is 0 Å². The van der Waals surface area contributed by atoms with E-state index in [1.165, 1.54) is 116 Å². The van der Waals surface area contributed by atoms with Crippen molar-refractivity contribution in [2.75, 3.05) is 0 Å². The lowest BCUT2D eigenvalue weighted by Crippen LogP contribution is -1.82. The second kappa shape index (κ2) is 21.7. The molecule has 0 heterocycles. The van der Waals surface area contributed by atoms with E-state index in [-0.39, 0.29) is 0 Å². The molecule has 0 atom stereocenters. The normalized spacial score (nSPS) is 11.6. The molecule has 1 radical (unpaired) electrons. The molecule has 0 rings (SSSR count). The van der Waals surface area contributed by atoms with Gasteiger partial charge in [0, 0.05) is 0 Å². The number of rotatable bonds is 19. The Kier molecular flexibility index (Phi) is 21.5. The molecule has 0 aliphatic heterocycles. The van der Waals surface area contributed by atoms with E-state index in [0.29, 0.717) is 0 Å². The van der Waals surface area contributed by atoms with Gasteiger partial charge in [0.15, 0.2) is 0 Å². The third kappa shape index (κ3) is 21.7. The van der Waals surface area contributed by atoms with Crippen LogP contribution < -0.4 is 0 Å². The summed E-state index contributed by atoms with van der Waals surface area (Å²) in [7, 11) is 0. The third-order valence-electron chi connectivity index (χ3n) is 4.76. The zero-order valence-corrected chi connectivity index (χ0v) is 16.3. The molecule has 0 amide bonds. The highest BCUT2D eigenvalue weighted by Gasteiger charge is 1.93. The lowest BCUT2D eigenvalue weighted by molar-refractivity contribution is 0.547. The molecule has 0 bridgehead atoms. The van der Waals surface area contributed by atoms with Gasteiger partial charge < -0.3 is 0 Å². The zero-order valence-electron chi connectivity index (χ0n) is 16.3. The lowest BCUT2D eigenvalue weighted by Gasteiger charge is -2.02. The molecule has 0 fully saturated rings. The maximum atomic E-state index is 3.90. The first kappa shape index (κ1) is 22.7. The summed E-state index contributed by atoms with van der Waals surface area (Å²) in [4.78, 5) is 0. The van der Waals surface area contributed by atoms with Crippen LogP contribution in [0.1, 0.15) is 129 Å². The Hall–Kier alpha value is -0.260. The topological polar surface area (TPSA) is 0 Å². The van der Waals surface area contributed by atoms with E-state index in [4.69, 9.17) is 0 Å². The molecule has 0 aliphatic carbocycles. The van der Waals surface area contributed by atoms with Gasteiger partial charge in [0.1, 0.15) is 0 Å². The van der Waals surface area contributed by atoms with Crippen LogP contribution >= 0.6 is 0 Å². The van der Waals surface area contributed by atoms with Gasteiger partial charge in [0.05, 0.1) is 0 Å². The van der Waals surface area contributed by atoms with Gasteiger partial charge in [-0.05, 0) is 25.7 Å². The fourth-order valence-electron chi connectivity index (χ4n) is 3.13. The van der Waals surface area contributed by atoms with Gasteiger partial charge in [-0.2, -0.15) is 0 Å². The van der Waals surface area contributed by atoms with Crippen LogP contribution in [0.2, 0.25) is 0 Å². The average Bonchev–Trinajstić information content (AvgIpc) is 2.57. The van der Waals surface area contributed by atoms with E-state index in [2.05, 4.69) is 26.0 Å². The van der Waals surface area contributed by atoms with Crippen molar-refractivity contribution in [2.24, 2.45) is 0 Å². The van der Waals surface area contributed by atoms with Crippen molar-refractivity contribution >= 4 is 0 Å². The molecule has 0 nitrogen and oxygen atoms in total. The van der Waals surface area contributed by atoms with Crippen LogP contribution in [0.25, 0.3) is 0 Å². The van der Waals surface area contributed by atoms with Crippen molar-refractivity contribution in [1.29, 1.82) is 0 Å². The van der Waals surface area contributed by atoms with Gasteiger partial charge in [-0.3, -0.25) is 0 Å². The first-order chi connectivity index (χ1) is 11.4. The minimum absolute atomic E-state index is 1.12. The fraction of sp³-hybridized carbons (Fsp3) is 0.870. The minimum Gasteiger partial charge on any atom is -0.0885 e. The van der Waals surface area contributed by atoms with E-state index < -0.39 is 0 Å². The van der Waals surface area contributed by atoms with Crippen LogP contribution in [-0.4, -0.2) is 0 Å². The van der Waals surface area contributed by atoms with Gasteiger partial charge in [0.25, 0.3) is 0 Å². The largest absolute Gasteiger partial charge is 0.0885 e. The Bertz CT molecular complexity index is 216. The van der Waals surface area contributed by atoms with Crippen molar-refractivity contribution in [3.05, 3.63) is 19.1 Å². The van der Waals surface area contributed by atoms with Gasteiger partial charge >= 0.3 is 0 Å². The summed E-state index contributed by atoms with van der Waals surface area (Å²) < 4.78 is 0. The number of unbranched alkanes of at least 4 members (excludes halogenated alkanes) is 17. The molecule has 0 aliphatic rings. The Balaban J connectivity index is 3.02. The smallest absolute Gasteiger partial charge is 0.0351 e. The van der Waals surface area contributed by atoms with Crippen LogP contribution in [0.3, 0.4) is 0 Å². The summed E-state index contributed by atoms with van der Waals surface area (Å²) in [5.74, 6) is 0. The van der Waals surface area contributed by atoms with Gasteiger partial charge in [0.2, 0.25) is 0 Å². The average molecular weight is 322 g/mol. The third-order valence-corrected chi connectivity index (χ3v) is 4.76. The van der Waals surface area contributed by atoms with E-state index in [1.54, 1.807) is 0 Å². The molecular formula is C23H45. The predicted octanol–water partition coefficient (Wildman–Crippen LogP) is 8.81. The molecule has 0 N–H and O–H groups in total. The Morgan fingerprint density at radius 2 is 0.826 bits per heavy atom. The monoisotopic (exact) mass is 321 g/mol. The minimum atomic E-state index is 1.12. The molecule has 0 saturated carbocycles. The summed E-state index contributed by atoms with van der Waals surface area (Å²) in [5.41, 5.74) is 0. The highest BCUT2D eigenvalue weighted by molar-refractivity contribution is 4.81. The molecular weight excluding hydrogens is 276 g/mol. The van der Waals surface area contributed by atoms with Crippen molar-refractivity contribution in [3.8, 4) is 0 Å². The first-order valence-electron chi connectivity index (χ1n) is 10.9. The van der Waals surface area contributed by atoms with Crippen molar-refractivity contribution < 1.29 is 0 Å². The second-order valence-corrected chi connectivity index (χ2v) is 7.21. The Morgan fingerprint density at radius 3 is 1.22 bits per heavy atom. The van der Waals surface area contributed by atoms with Crippen LogP contribution in [0, 0.1) is 6.92 Å². The molecule has 0 aromatic rings. The summed E-state index contributed by atoms with van der Waals surface area (Å²) in [6.07, 6.45) is 31.3. The maximum Gasteiger partial charge on any atom is -0.0351 e. The highest BCUT2D eigenvalue weighted by atomic mass is 14.0. The van der Waals surface area contributed by atoms with Crippen LogP contribution in [0.4, 0.5) is 0 Å². The van der Waals surface area contributed by atoms with Crippen molar-refractivity contribution in [1.82, 2.24) is 0 Å².